The molecule has 2 aromatic rings. The van der Waals surface area contributed by atoms with E-state index in [1.807, 2.05) is 0 Å². The first-order valence-electron chi connectivity index (χ1n) is 7.58. The molecule has 26 heavy (non-hydrogen) atoms. The molecule has 1 saturated heterocycles. The first kappa shape index (κ1) is 18.8. The lowest BCUT2D eigenvalue weighted by Gasteiger charge is -2.33. The Balaban J connectivity index is 1.67. The molecular weight excluding hydrogens is 402 g/mol. The van der Waals surface area contributed by atoms with E-state index in [-0.39, 0.29) is 46.9 Å². The minimum absolute atomic E-state index is 0.0997. The van der Waals surface area contributed by atoms with E-state index in [4.69, 9.17) is 11.6 Å². The second kappa shape index (κ2) is 7.31. The average Bonchev–Trinajstić information content (AvgIpc) is 3.12. The van der Waals surface area contributed by atoms with Gasteiger partial charge in [-0.25, -0.2) is 8.42 Å². The number of sulfonamides is 1. The number of carbonyl (C=O) groups is 1. The highest BCUT2D eigenvalue weighted by atomic mass is 35.5. The fraction of sp³-hybridized carbons (Fsp3) is 0.267. The molecule has 138 valence electrons. The number of piperazine rings is 1. The summed E-state index contributed by atoms with van der Waals surface area (Å²) >= 11 is 6.60. The fourth-order valence-electron chi connectivity index (χ4n) is 2.58. The van der Waals surface area contributed by atoms with Crippen LogP contribution < -0.4 is 0 Å². The molecule has 8 nitrogen and oxygen atoms in total. The minimum Gasteiger partial charge on any atom is -0.335 e. The predicted molar refractivity (Wildman–Crippen MR) is 97.1 cm³/mol. The van der Waals surface area contributed by atoms with Crippen LogP contribution in [0.15, 0.2) is 41.3 Å². The van der Waals surface area contributed by atoms with Gasteiger partial charge >= 0.3 is 5.00 Å². The minimum atomic E-state index is -3.65. The standard InChI is InChI=1S/C15H14ClN3O5S2/c16-11-1-3-12(4-2-11)26(23,24)18-9-7-17(8-10-18)15(20)13-5-6-14(25-13)19(21)22/h1-6H,7-10H2. The maximum absolute atomic E-state index is 12.6. The SMILES string of the molecule is O=C(c1ccc([N+](=O)[O-])s1)N1CCN(S(=O)(=O)c2ccc(Cl)cc2)CC1. The van der Waals surface area contributed by atoms with Crippen molar-refractivity contribution >= 4 is 43.9 Å². The lowest BCUT2D eigenvalue weighted by atomic mass is 10.3. The molecule has 0 bridgehead atoms. The van der Waals surface area contributed by atoms with Gasteiger partial charge in [-0.3, -0.25) is 14.9 Å². The van der Waals surface area contributed by atoms with E-state index in [1.165, 1.54) is 45.6 Å². The number of hydrogen-bond acceptors (Lipinski definition) is 6. The lowest BCUT2D eigenvalue weighted by molar-refractivity contribution is -0.380. The lowest BCUT2D eigenvalue weighted by Crippen LogP contribution is -2.50. The Labute approximate surface area is 158 Å². The van der Waals surface area contributed by atoms with Crippen LogP contribution in [0.4, 0.5) is 5.00 Å². The summed E-state index contributed by atoms with van der Waals surface area (Å²) in [5.74, 6) is -0.327. The molecule has 2 heterocycles. The normalized spacial score (nSPS) is 15.8. The number of halogens is 1. The van der Waals surface area contributed by atoms with Crippen molar-refractivity contribution in [2.24, 2.45) is 0 Å². The zero-order chi connectivity index (χ0) is 18.9. The highest BCUT2D eigenvalue weighted by Gasteiger charge is 2.31. The summed E-state index contributed by atoms with van der Waals surface area (Å²) in [4.78, 5) is 24.5. The summed E-state index contributed by atoms with van der Waals surface area (Å²) in [6, 6.07) is 8.62. The van der Waals surface area contributed by atoms with Gasteiger partial charge in [0.25, 0.3) is 5.91 Å². The van der Waals surface area contributed by atoms with Gasteiger partial charge in [0.15, 0.2) is 0 Å². The summed E-state index contributed by atoms with van der Waals surface area (Å²) in [6.45, 7) is 0.753. The van der Waals surface area contributed by atoms with Crippen molar-refractivity contribution in [1.29, 1.82) is 0 Å². The molecule has 1 amide bonds. The predicted octanol–water partition coefficient (Wildman–Crippen LogP) is 2.46. The van der Waals surface area contributed by atoms with Crippen LogP contribution in [0, 0.1) is 10.1 Å². The summed E-state index contributed by atoms with van der Waals surface area (Å²) < 4.78 is 26.6. The van der Waals surface area contributed by atoms with Crippen molar-refractivity contribution in [1.82, 2.24) is 9.21 Å². The second-order valence-electron chi connectivity index (χ2n) is 5.55. The van der Waals surface area contributed by atoms with Gasteiger partial charge in [-0.15, -0.1) is 0 Å². The fourth-order valence-corrected chi connectivity index (χ4v) is 4.92. The zero-order valence-corrected chi connectivity index (χ0v) is 15.8. The third kappa shape index (κ3) is 3.73. The third-order valence-corrected chi connectivity index (χ3v) is 7.15. The van der Waals surface area contributed by atoms with Crippen LogP contribution in [-0.2, 0) is 10.0 Å². The summed E-state index contributed by atoms with van der Waals surface area (Å²) in [6.07, 6.45) is 0. The number of hydrogen-bond donors (Lipinski definition) is 0. The molecule has 1 fully saturated rings. The smallest absolute Gasteiger partial charge is 0.324 e. The van der Waals surface area contributed by atoms with Crippen molar-refractivity contribution in [3.05, 3.63) is 56.4 Å². The molecule has 1 aliphatic heterocycles. The van der Waals surface area contributed by atoms with E-state index < -0.39 is 14.9 Å². The van der Waals surface area contributed by atoms with Crippen LogP contribution in [0.3, 0.4) is 0 Å². The Bertz CT molecular complexity index is 934. The monoisotopic (exact) mass is 415 g/mol. The molecule has 1 aromatic carbocycles. The Morgan fingerprint density at radius 3 is 2.23 bits per heavy atom. The molecule has 0 N–H and O–H groups in total. The first-order chi connectivity index (χ1) is 12.3. The van der Waals surface area contributed by atoms with Gasteiger partial charge < -0.3 is 4.90 Å². The third-order valence-electron chi connectivity index (χ3n) is 3.96. The van der Waals surface area contributed by atoms with E-state index >= 15 is 0 Å². The van der Waals surface area contributed by atoms with Gasteiger partial charge in [0.2, 0.25) is 10.0 Å². The molecule has 0 aliphatic carbocycles. The van der Waals surface area contributed by atoms with Crippen LogP contribution in [0.5, 0.6) is 0 Å². The van der Waals surface area contributed by atoms with Crippen LogP contribution in [-0.4, -0.2) is 54.6 Å². The van der Waals surface area contributed by atoms with Crippen molar-refractivity contribution in [2.45, 2.75) is 4.90 Å². The highest BCUT2D eigenvalue weighted by molar-refractivity contribution is 7.89. The maximum atomic E-state index is 12.6. The van der Waals surface area contributed by atoms with Crippen molar-refractivity contribution < 1.29 is 18.1 Å². The van der Waals surface area contributed by atoms with E-state index in [0.717, 1.165) is 11.3 Å². The number of nitro groups is 1. The first-order valence-corrected chi connectivity index (χ1v) is 10.2. The van der Waals surface area contributed by atoms with Crippen molar-refractivity contribution in [3.63, 3.8) is 0 Å². The van der Waals surface area contributed by atoms with E-state index in [1.54, 1.807) is 0 Å². The Morgan fingerprint density at radius 1 is 1.08 bits per heavy atom. The van der Waals surface area contributed by atoms with Crippen LogP contribution in [0.2, 0.25) is 5.02 Å². The molecule has 3 rings (SSSR count). The quantitative estimate of drug-likeness (QED) is 0.564. The molecule has 0 saturated carbocycles. The van der Waals surface area contributed by atoms with Crippen molar-refractivity contribution in [2.75, 3.05) is 26.2 Å². The largest absolute Gasteiger partial charge is 0.335 e. The second-order valence-corrected chi connectivity index (χ2v) is 8.98. The Kier molecular flexibility index (Phi) is 5.28. The van der Waals surface area contributed by atoms with Crippen LogP contribution >= 0.6 is 22.9 Å². The number of amides is 1. The Hall–Kier alpha value is -2.01. The molecular formula is C15H14ClN3O5S2. The number of benzene rings is 1. The highest BCUT2D eigenvalue weighted by Crippen LogP contribution is 2.26. The van der Waals surface area contributed by atoms with Crippen LogP contribution in [0.25, 0.3) is 0 Å². The summed E-state index contributed by atoms with van der Waals surface area (Å²) in [5, 5.41) is 11.1. The molecule has 0 spiro atoms. The number of carbonyl (C=O) groups excluding carboxylic acids is 1. The average molecular weight is 416 g/mol. The van der Waals surface area contributed by atoms with Gasteiger partial charge in [0, 0.05) is 37.3 Å². The number of nitrogens with zero attached hydrogens (tertiary/aromatic N) is 3. The number of rotatable bonds is 4. The van der Waals surface area contributed by atoms with Gasteiger partial charge in [-0.2, -0.15) is 4.31 Å². The van der Waals surface area contributed by atoms with E-state index in [0.29, 0.717) is 5.02 Å². The molecule has 0 unspecified atom stereocenters. The van der Waals surface area contributed by atoms with Gasteiger partial charge in [0.1, 0.15) is 0 Å². The van der Waals surface area contributed by atoms with Gasteiger partial charge in [0.05, 0.1) is 14.7 Å². The molecule has 1 aromatic heterocycles. The Morgan fingerprint density at radius 2 is 1.69 bits per heavy atom. The van der Waals surface area contributed by atoms with Gasteiger partial charge in [-0.05, 0) is 30.3 Å². The van der Waals surface area contributed by atoms with E-state index in [9.17, 15) is 23.3 Å². The zero-order valence-electron chi connectivity index (χ0n) is 13.4. The molecule has 11 heteroatoms. The molecule has 0 radical (unpaired) electrons. The number of thiophene rings is 1. The summed E-state index contributed by atoms with van der Waals surface area (Å²) in [7, 11) is -3.65. The van der Waals surface area contributed by atoms with Gasteiger partial charge in [-0.1, -0.05) is 22.9 Å². The van der Waals surface area contributed by atoms with Crippen LogP contribution in [0.1, 0.15) is 9.67 Å². The molecule has 0 atom stereocenters. The van der Waals surface area contributed by atoms with Crippen molar-refractivity contribution in [3.8, 4) is 0 Å². The molecule has 1 aliphatic rings. The maximum Gasteiger partial charge on any atom is 0.324 e. The topological polar surface area (TPSA) is 101 Å². The van der Waals surface area contributed by atoms with E-state index in [2.05, 4.69) is 0 Å². The summed E-state index contributed by atoms with van der Waals surface area (Å²) in [5.41, 5.74) is 0.